The first kappa shape index (κ1) is 18.7. The number of hydrogen-bond acceptors (Lipinski definition) is 4. The van der Waals surface area contributed by atoms with Crippen molar-refractivity contribution in [2.45, 2.75) is 5.33 Å². The number of halogens is 1. The van der Waals surface area contributed by atoms with Crippen LogP contribution in [0.25, 0.3) is 0 Å². The average molecular weight is 360 g/mol. The van der Waals surface area contributed by atoms with Crippen LogP contribution in [0, 0.1) is 0 Å². The van der Waals surface area contributed by atoms with Crippen molar-refractivity contribution < 1.29 is 69.1 Å². The summed E-state index contributed by atoms with van der Waals surface area (Å²) in [5.41, 5.74) is 1.37. The van der Waals surface area contributed by atoms with Crippen molar-refractivity contribution >= 4 is 32.0 Å². The summed E-state index contributed by atoms with van der Waals surface area (Å²) < 4.78 is 31.0. The molecule has 0 saturated heterocycles. The van der Waals surface area contributed by atoms with Crippen molar-refractivity contribution in [2.24, 2.45) is 0 Å². The van der Waals surface area contributed by atoms with Gasteiger partial charge in [-0.25, -0.2) is 8.42 Å². The van der Waals surface area contributed by atoms with E-state index in [2.05, 4.69) is 21.2 Å². The quantitative estimate of drug-likeness (QED) is 0.369. The van der Waals surface area contributed by atoms with Crippen molar-refractivity contribution in [1.82, 2.24) is 5.32 Å². The first-order valence-corrected chi connectivity index (χ1v) is 7.49. The molecule has 1 N–H and O–H groups in total. The van der Waals surface area contributed by atoms with E-state index in [4.69, 9.17) is 0 Å². The van der Waals surface area contributed by atoms with Gasteiger partial charge in [-0.3, -0.25) is 4.79 Å². The molecule has 0 aliphatic carbocycles. The van der Waals surface area contributed by atoms with E-state index >= 15 is 0 Å². The van der Waals surface area contributed by atoms with Crippen LogP contribution in [-0.4, -0.2) is 31.2 Å². The van der Waals surface area contributed by atoms with Crippen LogP contribution in [0.5, 0.6) is 0 Å². The van der Waals surface area contributed by atoms with Crippen molar-refractivity contribution in [1.29, 1.82) is 0 Å². The van der Waals surface area contributed by atoms with E-state index in [0.29, 0.717) is 10.9 Å². The molecule has 18 heavy (non-hydrogen) atoms. The summed E-state index contributed by atoms with van der Waals surface area (Å²) in [5.74, 6) is -0.992. The van der Waals surface area contributed by atoms with Crippen LogP contribution in [-0.2, 0) is 15.4 Å². The second-order valence-electron chi connectivity index (χ2n) is 3.35. The van der Waals surface area contributed by atoms with Crippen LogP contribution in [0.4, 0.5) is 0 Å². The van der Waals surface area contributed by atoms with Gasteiger partial charge in [0.1, 0.15) is 0 Å². The molecule has 1 rings (SSSR count). The van der Waals surface area contributed by atoms with Crippen LogP contribution < -0.4 is 56.7 Å². The number of rotatable bonds is 5. The Hall–Kier alpha value is 0.716. The molecule has 0 aliphatic heterocycles. The van der Waals surface area contributed by atoms with Gasteiger partial charge in [0.2, 0.25) is 0 Å². The monoisotopic (exact) mass is 359 g/mol. The van der Waals surface area contributed by atoms with Gasteiger partial charge in [0.25, 0.3) is 5.91 Å². The summed E-state index contributed by atoms with van der Waals surface area (Å²) >= 11 is 3.27. The van der Waals surface area contributed by atoms with Crippen molar-refractivity contribution in [3.63, 3.8) is 0 Å². The van der Waals surface area contributed by atoms with Crippen molar-refractivity contribution in [2.75, 3.05) is 12.3 Å². The standard InChI is InChI=1S/C10H12BrNO4S.K/c11-7-8-2-1-3-9(6-8)10(13)12-4-5-17(14,15)16;/h1-3,6H,4-5,7H2,(H,12,13)(H,14,15,16);/q;+1/p-1. The molecule has 1 aromatic rings. The molecule has 0 aromatic heterocycles. The van der Waals surface area contributed by atoms with Gasteiger partial charge in [-0.2, -0.15) is 0 Å². The molecule has 5 nitrogen and oxygen atoms in total. The Morgan fingerprint density at radius 2 is 2.06 bits per heavy atom. The molecular weight excluding hydrogens is 349 g/mol. The Kier molecular flexibility index (Phi) is 9.15. The van der Waals surface area contributed by atoms with E-state index in [0.717, 1.165) is 5.56 Å². The van der Waals surface area contributed by atoms with Gasteiger partial charge in [0, 0.05) is 17.4 Å². The summed E-state index contributed by atoms with van der Waals surface area (Å²) in [6.07, 6.45) is 0. The molecule has 0 spiro atoms. The van der Waals surface area contributed by atoms with Gasteiger partial charge in [0.15, 0.2) is 0 Å². The second-order valence-corrected chi connectivity index (χ2v) is 5.44. The molecule has 8 heteroatoms. The summed E-state index contributed by atoms with van der Waals surface area (Å²) in [5, 5.41) is 3.00. The molecule has 0 heterocycles. The van der Waals surface area contributed by atoms with Gasteiger partial charge in [-0.05, 0) is 17.7 Å². The first-order valence-electron chi connectivity index (χ1n) is 4.79. The largest absolute Gasteiger partial charge is 1.00 e. The molecule has 1 aromatic carbocycles. The van der Waals surface area contributed by atoms with E-state index in [1.54, 1.807) is 18.2 Å². The number of alkyl halides is 1. The van der Waals surface area contributed by atoms with Gasteiger partial charge in [0.05, 0.1) is 15.9 Å². The Labute approximate surface area is 157 Å². The maximum Gasteiger partial charge on any atom is 1.00 e. The molecule has 0 radical (unpaired) electrons. The van der Waals surface area contributed by atoms with Crippen LogP contribution in [0.2, 0.25) is 0 Å². The normalized spacial score (nSPS) is 10.6. The molecular formula is C10H11BrKNO4S. The Morgan fingerprint density at radius 3 is 2.61 bits per heavy atom. The Balaban J connectivity index is 0.00000289. The summed E-state index contributed by atoms with van der Waals surface area (Å²) in [6.45, 7) is -0.177. The van der Waals surface area contributed by atoms with Gasteiger partial charge in [-0.1, -0.05) is 28.1 Å². The SMILES string of the molecule is O=C(NCCS(=O)(=O)[O-])c1cccc(CBr)c1.[K+]. The second kappa shape index (κ2) is 8.80. The molecule has 0 unspecified atom stereocenters. The number of hydrogen-bond donors (Lipinski definition) is 1. The minimum Gasteiger partial charge on any atom is -0.748 e. The van der Waals surface area contributed by atoms with Crippen LogP contribution >= 0.6 is 15.9 Å². The molecule has 0 saturated carbocycles. The third kappa shape index (κ3) is 7.34. The van der Waals surface area contributed by atoms with Gasteiger partial charge < -0.3 is 9.87 Å². The minimum atomic E-state index is -4.29. The Morgan fingerprint density at radius 1 is 1.39 bits per heavy atom. The Bertz CT molecular complexity index is 506. The van der Waals surface area contributed by atoms with E-state index < -0.39 is 21.8 Å². The maximum absolute atomic E-state index is 11.6. The van der Waals surface area contributed by atoms with Crippen LogP contribution in [0.15, 0.2) is 24.3 Å². The number of nitrogens with one attached hydrogen (secondary N) is 1. The molecule has 94 valence electrons. The number of amides is 1. The third-order valence-electron chi connectivity index (χ3n) is 1.98. The van der Waals surface area contributed by atoms with E-state index in [-0.39, 0.29) is 57.9 Å². The summed E-state index contributed by atoms with van der Waals surface area (Å²) in [7, 11) is -4.29. The van der Waals surface area contributed by atoms with Crippen LogP contribution in [0.3, 0.4) is 0 Å². The topological polar surface area (TPSA) is 86.3 Å². The predicted molar refractivity (Wildman–Crippen MR) is 66.0 cm³/mol. The number of carbonyl (C=O) groups excluding carboxylic acids is 1. The average Bonchev–Trinajstić information content (AvgIpc) is 2.27. The van der Waals surface area contributed by atoms with Crippen molar-refractivity contribution in [3.8, 4) is 0 Å². The van der Waals surface area contributed by atoms with E-state index in [9.17, 15) is 17.8 Å². The summed E-state index contributed by atoms with van der Waals surface area (Å²) in [6, 6.07) is 6.90. The summed E-state index contributed by atoms with van der Waals surface area (Å²) in [4.78, 5) is 11.6. The van der Waals surface area contributed by atoms with Crippen molar-refractivity contribution in [3.05, 3.63) is 35.4 Å². The fourth-order valence-corrected chi connectivity index (χ4v) is 1.89. The van der Waals surface area contributed by atoms with E-state index in [1.165, 1.54) is 0 Å². The maximum atomic E-state index is 11.6. The fraction of sp³-hybridized carbons (Fsp3) is 0.300. The van der Waals surface area contributed by atoms with E-state index in [1.807, 2.05) is 6.07 Å². The third-order valence-corrected chi connectivity index (χ3v) is 3.33. The number of benzene rings is 1. The van der Waals surface area contributed by atoms with Crippen LogP contribution in [0.1, 0.15) is 15.9 Å². The molecule has 0 bridgehead atoms. The molecule has 0 fully saturated rings. The smallest absolute Gasteiger partial charge is 0.748 e. The minimum absolute atomic E-state index is 0. The zero-order chi connectivity index (χ0) is 12.9. The molecule has 1 amide bonds. The zero-order valence-electron chi connectivity index (χ0n) is 9.85. The fourth-order valence-electron chi connectivity index (χ4n) is 1.19. The zero-order valence-corrected chi connectivity index (χ0v) is 15.4. The molecule has 0 aliphatic rings. The first-order chi connectivity index (χ1) is 7.92. The predicted octanol–water partition coefficient (Wildman–Crippen LogP) is -2.14. The molecule has 0 atom stereocenters. The van der Waals surface area contributed by atoms with Gasteiger partial charge in [-0.15, -0.1) is 0 Å². The van der Waals surface area contributed by atoms with Gasteiger partial charge >= 0.3 is 51.4 Å². The number of carbonyl (C=O) groups is 1.